The number of nitrogens with one attached hydrogen (secondary N) is 1. The number of likely N-dealkylation sites (tertiary alicyclic amines) is 1. The maximum absolute atomic E-state index is 14.8. The second-order valence-corrected chi connectivity index (χ2v) is 13.7. The molecule has 2 aliphatic rings. The van der Waals surface area contributed by atoms with Gasteiger partial charge in [0, 0.05) is 56.1 Å². The van der Waals surface area contributed by atoms with Gasteiger partial charge in [-0.25, -0.2) is 19.3 Å². The van der Waals surface area contributed by atoms with Crippen LogP contribution in [0.15, 0.2) is 47.3 Å². The van der Waals surface area contributed by atoms with Crippen molar-refractivity contribution in [2.75, 3.05) is 44.8 Å². The highest BCUT2D eigenvalue weighted by molar-refractivity contribution is 9.10. The van der Waals surface area contributed by atoms with E-state index in [1.165, 1.54) is 16.5 Å². The smallest absolute Gasteiger partial charge is 0.248 e. The minimum absolute atomic E-state index is 0.0163. The second kappa shape index (κ2) is 16.9. The monoisotopic (exact) mass is 778 g/mol. The molecule has 0 unspecified atom stereocenters. The molecule has 274 valence electrons. The van der Waals surface area contributed by atoms with Crippen LogP contribution < -0.4 is 11.1 Å². The average molecular weight is 780 g/mol. The topological polar surface area (TPSA) is 185 Å². The van der Waals surface area contributed by atoms with Crippen molar-refractivity contribution in [2.24, 2.45) is 5.73 Å². The van der Waals surface area contributed by atoms with Gasteiger partial charge in [0.15, 0.2) is 11.6 Å². The van der Waals surface area contributed by atoms with Crippen LogP contribution in [0.2, 0.25) is 0 Å². The van der Waals surface area contributed by atoms with Crippen molar-refractivity contribution in [1.82, 2.24) is 29.6 Å². The molecule has 14 nitrogen and oxygen atoms in total. The lowest BCUT2D eigenvalue weighted by Crippen LogP contribution is -2.44. The zero-order valence-corrected chi connectivity index (χ0v) is 30.3. The molecule has 2 atom stereocenters. The van der Waals surface area contributed by atoms with Crippen LogP contribution in [-0.4, -0.2) is 105 Å². The number of nitrogens with two attached hydrogens (primary N) is 1. The molecule has 1 aliphatic heterocycles. The minimum atomic E-state index is -1.37. The number of anilines is 1. The molecule has 0 radical (unpaired) electrons. The number of benzene rings is 1. The predicted octanol–water partition coefficient (Wildman–Crippen LogP) is 3.80. The van der Waals surface area contributed by atoms with Gasteiger partial charge in [0.1, 0.15) is 47.3 Å². The summed E-state index contributed by atoms with van der Waals surface area (Å²) in [5.74, 6) is -0.151. The number of hydrogen-bond acceptors (Lipinski definition) is 11. The summed E-state index contributed by atoms with van der Waals surface area (Å²) >= 11 is 3.35. The van der Waals surface area contributed by atoms with Gasteiger partial charge in [-0.1, -0.05) is 12.1 Å². The number of halogens is 2. The molecule has 2 amide bonds. The standard InChI is InChI=1S/C36H40BrFN8O6/c1-21(47)34-28-14-23(24-16-40-32(41-17-24)9-5-26(48)20-52-13-12-51-11-10-39)4-7-29(28)46(44-34)19-33(49)45-18-25(38)15-30(45)36(50)43-35-27(22-2-3-22)6-8-31(37)42-35/h4,6-8,14,16-17,22,25,30H,2-3,5,9-13,15,18-20,39H2,1H3,(H,42,43,50)/t25-,30+/m1/s1. The number of aryl methyl sites for hydroxylation is 1. The van der Waals surface area contributed by atoms with Crippen LogP contribution in [-0.2, 0) is 36.8 Å². The molecule has 1 saturated carbocycles. The highest BCUT2D eigenvalue weighted by atomic mass is 79.9. The van der Waals surface area contributed by atoms with Gasteiger partial charge in [-0.2, -0.15) is 5.10 Å². The number of ether oxygens (including phenoxy) is 2. The van der Waals surface area contributed by atoms with Crippen LogP contribution in [0.4, 0.5) is 10.2 Å². The lowest BCUT2D eigenvalue weighted by molar-refractivity contribution is -0.137. The van der Waals surface area contributed by atoms with Crippen molar-refractivity contribution < 1.29 is 33.0 Å². The fourth-order valence-electron chi connectivity index (χ4n) is 6.18. The van der Waals surface area contributed by atoms with Crippen molar-refractivity contribution in [3.05, 3.63) is 64.4 Å². The highest BCUT2D eigenvalue weighted by Crippen LogP contribution is 2.43. The van der Waals surface area contributed by atoms with E-state index in [9.17, 15) is 23.6 Å². The first-order chi connectivity index (χ1) is 25.1. The minimum Gasteiger partial charge on any atom is -0.378 e. The van der Waals surface area contributed by atoms with E-state index < -0.39 is 24.0 Å². The van der Waals surface area contributed by atoms with Crippen molar-refractivity contribution in [2.45, 2.75) is 63.7 Å². The fraction of sp³-hybridized carbons (Fsp3) is 0.444. The van der Waals surface area contributed by atoms with Gasteiger partial charge in [0.05, 0.1) is 31.9 Å². The zero-order chi connectivity index (χ0) is 36.8. The number of nitrogens with zero attached hydrogens (tertiary/aromatic N) is 6. The molecule has 2 fully saturated rings. The van der Waals surface area contributed by atoms with Crippen LogP contribution >= 0.6 is 15.9 Å². The van der Waals surface area contributed by atoms with Gasteiger partial charge in [-0.15, -0.1) is 0 Å². The van der Waals surface area contributed by atoms with Gasteiger partial charge in [-0.3, -0.25) is 23.9 Å². The third-order valence-electron chi connectivity index (χ3n) is 8.96. The molecule has 1 saturated heterocycles. The lowest BCUT2D eigenvalue weighted by Gasteiger charge is -2.24. The number of ketones is 2. The second-order valence-electron chi connectivity index (χ2n) is 12.9. The van der Waals surface area contributed by atoms with Crippen LogP contribution in [0.25, 0.3) is 22.0 Å². The Bertz CT molecular complexity index is 1950. The first-order valence-electron chi connectivity index (χ1n) is 17.2. The van der Waals surface area contributed by atoms with Crippen LogP contribution in [0.5, 0.6) is 0 Å². The third-order valence-corrected chi connectivity index (χ3v) is 9.40. The average Bonchev–Trinajstić information content (AvgIpc) is 3.80. The number of aromatic nitrogens is 5. The Kier molecular flexibility index (Phi) is 12.1. The van der Waals surface area contributed by atoms with Gasteiger partial charge in [-0.05, 0) is 64.0 Å². The molecule has 16 heteroatoms. The number of carbonyl (C=O) groups is 4. The van der Waals surface area contributed by atoms with E-state index in [1.807, 2.05) is 12.1 Å². The molecule has 1 aromatic carbocycles. The maximum atomic E-state index is 14.8. The Labute approximate surface area is 307 Å². The molecule has 0 bridgehead atoms. The zero-order valence-electron chi connectivity index (χ0n) is 28.7. The fourth-order valence-corrected chi connectivity index (χ4v) is 6.49. The first kappa shape index (κ1) is 37.3. The SMILES string of the molecule is CC(=O)c1nn(CC(=O)N2C[C@H](F)C[C@H]2C(=O)Nc2nc(Br)ccc2C2CC2)c2ccc(-c3cnc(CCC(=O)COCCOCCN)nc3)cc12. The van der Waals surface area contributed by atoms with Gasteiger partial charge < -0.3 is 25.4 Å². The molecule has 6 rings (SSSR count). The van der Waals surface area contributed by atoms with E-state index in [2.05, 4.69) is 41.3 Å². The van der Waals surface area contributed by atoms with Crippen molar-refractivity contribution in [3.8, 4) is 11.1 Å². The lowest BCUT2D eigenvalue weighted by atomic mass is 10.0. The predicted molar refractivity (Wildman–Crippen MR) is 192 cm³/mol. The molecule has 3 aromatic heterocycles. The first-order valence-corrected chi connectivity index (χ1v) is 18.0. The molecule has 4 heterocycles. The number of carbonyl (C=O) groups excluding carboxylic acids is 4. The summed E-state index contributed by atoms with van der Waals surface area (Å²) in [6.45, 7) is 2.40. The number of alkyl halides is 1. The van der Waals surface area contributed by atoms with E-state index in [0.717, 1.165) is 24.0 Å². The number of Topliss-reactive ketones (excluding diaryl/α,β-unsaturated/α-hetero) is 2. The Balaban J connectivity index is 1.11. The Morgan fingerprint density at radius 2 is 1.81 bits per heavy atom. The summed E-state index contributed by atoms with van der Waals surface area (Å²) in [5, 5.41) is 7.82. The summed E-state index contributed by atoms with van der Waals surface area (Å²) in [4.78, 5) is 66.5. The third kappa shape index (κ3) is 9.10. The Morgan fingerprint density at radius 1 is 1.04 bits per heavy atom. The Morgan fingerprint density at radius 3 is 2.54 bits per heavy atom. The van der Waals surface area contributed by atoms with Crippen LogP contribution in [0.1, 0.15) is 60.4 Å². The number of hydrogen-bond donors (Lipinski definition) is 2. The number of pyridine rings is 1. The van der Waals surface area contributed by atoms with E-state index in [1.54, 1.807) is 30.6 Å². The molecule has 52 heavy (non-hydrogen) atoms. The number of fused-ring (bicyclic) bond motifs is 1. The van der Waals surface area contributed by atoms with Crippen molar-refractivity contribution in [3.63, 3.8) is 0 Å². The summed E-state index contributed by atoms with van der Waals surface area (Å²) in [6.07, 6.45) is 4.37. The van der Waals surface area contributed by atoms with Gasteiger partial charge in [0.25, 0.3) is 0 Å². The summed E-state index contributed by atoms with van der Waals surface area (Å²) in [7, 11) is 0. The largest absolute Gasteiger partial charge is 0.378 e. The van der Waals surface area contributed by atoms with E-state index >= 15 is 0 Å². The van der Waals surface area contributed by atoms with Crippen LogP contribution in [0.3, 0.4) is 0 Å². The summed E-state index contributed by atoms with van der Waals surface area (Å²) in [6, 6.07) is 8.03. The highest BCUT2D eigenvalue weighted by Gasteiger charge is 2.41. The number of amides is 2. The quantitative estimate of drug-likeness (QED) is 0.0903. The number of rotatable bonds is 17. The summed E-state index contributed by atoms with van der Waals surface area (Å²) in [5.41, 5.74) is 8.37. The maximum Gasteiger partial charge on any atom is 0.248 e. The molecule has 1 aliphatic carbocycles. The van der Waals surface area contributed by atoms with E-state index in [0.29, 0.717) is 71.4 Å². The normalized spacial score (nSPS) is 17.1. The molecule has 3 N–H and O–H groups in total. The van der Waals surface area contributed by atoms with Crippen molar-refractivity contribution >= 4 is 56.0 Å². The van der Waals surface area contributed by atoms with Gasteiger partial charge in [0.2, 0.25) is 11.8 Å². The summed E-state index contributed by atoms with van der Waals surface area (Å²) < 4.78 is 27.3. The van der Waals surface area contributed by atoms with Gasteiger partial charge >= 0.3 is 0 Å². The van der Waals surface area contributed by atoms with Crippen LogP contribution in [0, 0.1) is 0 Å². The Hall–Kier alpha value is -4.51. The molecular formula is C36H40BrFN8O6. The molecular weight excluding hydrogens is 739 g/mol. The van der Waals surface area contributed by atoms with E-state index in [4.69, 9.17) is 15.2 Å². The molecule has 4 aromatic rings. The van der Waals surface area contributed by atoms with E-state index in [-0.39, 0.29) is 49.8 Å². The van der Waals surface area contributed by atoms with Crippen molar-refractivity contribution in [1.29, 1.82) is 0 Å². The molecule has 0 spiro atoms.